The van der Waals surface area contributed by atoms with Crippen LogP contribution in [-0.4, -0.2) is 34.9 Å². The van der Waals surface area contributed by atoms with Crippen molar-refractivity contribution in [3.63, 3.8) is 0 Å². The Morgan fingerprint density at radius 1 is 0.892 bits per heavy atom. The zero-order valence-electron chi connectivity index (χ0n) is 21.0. The first-order chi connectivity index (χ1) is 17.9. The highest BCUT2D eigenvalue weighted by atomic mass is 16.5. The largest absolute Gasteiger partial charge is 0.493 e. The number of hydrogen-bond acceptors (Lipinski definition) is 5. The summed E-state index contributed by atoms with van der Waals surface area (Å²) < 4.78 is 11.8. The van der Waals surface area contributed by atoms with Crippen molar-refractivity contribution >= 4 is 17.5 Å². The lowest BCUT2D eigenvalue weighted by Crippen LogP contribution is -2.27. The number of nitrogens with one attached hydrogen (secondary N) is 1. The average molecular weight is 500 g/mol. The zero-order valence-corrected chi connectivity index (χ0v) is 21.0. The highest BCUT2D eigenvalue weighted by molar-refractivity contribution is 6.10. The first kappa shape index (κ1) is 23.3. The number of ether oxygens (including phenoxy) is 2. The third kappa shape index (κ3) is 4.06. The summed E-state index contributed by atoms with van der Waals surface area (Å²) in [6.45, 7) is 2.83. The van der Waals surface area contributed by atoms with Crippen LogP contribution in [0.5, 0.6) is 11.5 Å². The molecule has 2 amide bonds. The number of fused-ring (bicyclic) bond motifs is 2. The van der Waals surface area contributed by atoms with Gasteiger partial charge in [0.2, 0.25) is 5.56 Å². The summed E-state index contributed by atoms with van der Waals surface area (Å²) in [5, 5.41) is 0. The molecule has 1 N–H and O–H groups in total. The Labute approximate surface area is 214 Å². The molecule has 0 radical (unpaired) electrons. The van der Waals surface area contributed by atoms with E-state index >= 15 is 0 Å². The van der Waals surface area contributed by atoms with Gasteiger partial charge < -0.3 is 24.3 Å². The molecule has 1 unspecified atom stereocenters. The second-order valence-electron chi connectivity index (χ2n) is 10.0. The maximum absolute atomic E-state index is 13.5. The highest BCUT2D eigenvalue weighted by Crippen LogP contribution is 2.38. The molecule has 1 atom stereocenters. The van der Waals surface area contributed by atoms with Crippen molar-refractivity contribution in [2.75, 3.05) is 12.0 Å². The Kier molecular flexibility index (Phi) is 5.74. The fourth-order valence-corrected chi connectivity index (χ4v) is 5.63. The molecule has 190 valence electrons. The summed E-state index contributed by atoms with van der Waals surface area (Å²) in [5.41, 5.74) is 4.17. The Morgan fingerprint density at radius 2 is 1.68 bits per heavy atom. The van der Waals surface area contributed by atoms with Gasteiger partial charge in [-0.1, -0.05) is 12.1 Å². The number of carbonyl (C=O) groups excluding carboxylic acids is 2. The predicted octanol–water partition coefficient (Wildman–Crippen LogP) is 4.58. The molecule has 3 heterocycles. The van der Waals surface area contributed by atoms with Crippen LogP contribution < -0.4 is 19.9 Å². The van der Waals surface area contributed by atoms with Gasteiger partial charge in [0.1, 0.15) is 0 Å². The van der Waals surface area contributed by atoms with Crippen LogP contribution in [0.1, 0.15) is 76.1 Å². The van der Waals surface area contributed by atoms with Crippen molar-refractivity contribution in [1.29, 1.82) is 0 Å². The fourth-order valence-electron chi connectivity index (χ4n) is 5.63. The second-order valence-corrected chi connectivity index (χ2v) is 10.0. The quantitative estimate of drug-likeness (QED) is 0.536. The van der Waals surface area contributed by atoms with E-state index < -0.39 is 0 Å². The molecular formula is C29H29N3O5. The van der Waals surface area contributed by atoms with Crippen molar-refractivity contribution < 1.29 is 19.1 Å². The number of pyridine rings is 1. The minimum atomic E-state index is -0.292. The molecule has 1 saturated carbocycles. The van der Waals surface area contributed by atoms with Crippen LogP contribution in [0, 0.1) is 0 Å². The third-order valence-corrected chi connectivity index (χ3v) is 7.78. The van der Waals surface area contributed by atoms with E-state index in [1.54, 1.807) is 23.1 Å². The van der Waals surface area contributed by atoms with Crippen molar-refractivity contribution in [2.45, 2.75) is 57.8 Å². The average Bonchev–Trinajstić information content (AvgIpc) is 3.62. The van der Waals surface area contributed by atoms with E-state index in [0.29, 0.717) is 35.7 Å². The van der Waals surface area contributed by atoms with Crippen molar-refractivity contribution in [3.05, 3.63) is 86.8 Å². The van der Waals surface area contributed by atoms with E-state index in [0.717, 1.165) is 35.2 Å². The molecule has 0 bridgehead atoms. The highest BCUT2D eigenvalue weighted by Gasteiger charge is 2.34. The van der Waals surface area contributed by atoms with Crippen LogP contribution in [0.2, 0.25) is 0 Å². The molecule has 8 nitrogen and oxygen atoms in total. The molecule has 3 aromatic rings. The van der Waals surface area contributed by atoms with Gasteiger partial charge >= 0.3 is 0 Å². The van der Waals surface area contributed by atoms with E-state index in [9.17, 15) is 14.4 Å². The SMILES string of the molecule is COc1ccc(N2Cc3ccc(C(C)N4Cc5c[nH]c(=O)cc5C4=O)cc3C2=O)cc1OC1CCCC1. The zero-order chi connectivity index (χ0) is 25.7. The Balaban J connectivity index is 1.24. The van der Waals surface area contributed by atoms with Crippen LogP contribution in [0.25, 0.3) is 0 Å². The number of aromatic amines is 1. The van der Waals surface area contributed by atoms with E-state index in [-0.39, 0.29) is 29.5 Å². The topological polar surface area (TPSA) is 91.9 Å². The number of aromatic nitrogens is 1. The van der Waals surface area contributed by atoms with Gasteiger partial charge in [-0.3, -0.25) is 14.4 Å². The summed E-state index contributed by atoms with van der Waals surface area (Å²) in [7, 11) is 1.62. The maximum atomic E-state index is 13.5. The molecular weight excluding hydrogens is 470 g/mol. The van der Waals surface area contributed by atoms with E-state index in [1.807, 2.05) is 43.3 Å². The van der Waals surface area contributed by atoms with Crippen molar-refractivity contribution in [3.8, 4) is 11.5 Å². The normalized spacial score (nSPS) is 17.8. The number of benzene rings is 2. The molecule has 37 heavy (non-hydrogen) atoms. The smallest absolute Gasteiger partial charge is 0.258 e. The summed E-state index contributed by atoms with van der Waals surface area (Å²) in [6, 6.07) is 12.6. The molecule has 2 aromatic carbocycles. The van der Waals surface area contributed by atoms with Crippen LogP contribution in [0.4, 0.5) is 5.69 Å². The Hall–Kier alpha value is -4.07. The van der Waals surface area contributed by atoms with Gasteiger partial charge in [-0.2, -0.15) is 0 Å². The molecule has 3 aliphatic rings. The number of rotatable bonds is 6. The van der Waals surface area contributed by atoms with Gasteiger partial charge in [-0.25, -0.2) is 0 Å². The van der Waals surface area contributed by atoms with Crippen molar-refractivity contribution in [2.24, 2.45) is 0 Å². The number of carbonyl (C=O) groups is 2. The monoisotopic (exact) mass is 499 g/mol. The molecule has 1 aromatic heterocycles. The van der Waals surface area contributed by atoms with Gasteiger partial charge in [0.25, 0.3) is 11.8 Å². The summed E-state index contributed by atoms with van der Waals surface area (Å²) >= 11 is 0. The van der Waals surface area contributed by atoms with Crippen LogP contribution in [-0.2, 0) is 13.1 Å². The first-order valence-corrected chi connectivity index (χ1v) is 12.7. The molecule has 8 heteroatoms. The number of amides is 2. The van der Waals surface area contributed by atoms with E-state index in [4.69, 9.17) is 9.47 Å². The maximum Gasteiger partial charge on any atom is 0.258 e. The van der Waals surface area contributed by atoms with Gasteiger partial charge in [-0.15, -0.1) is 0 Å². The van der Waals surface area contributed by atoms with Gasteiger partial charge in [0.15, 0.2) is 11.5 Å². The van der Waals surface area contributed by atoms with Gasteiger partial charge in [0, 0.05) is 41.7 Å². The first-order valence-electron chi connectivity index (χ1n) is 12.7. The minimum absolute atomic E-state index is 0.0809. The molecule has 6 rings (SSSR count). The summed E-state index contributed by atoms with van der Waals surface area (Å²) in [4.78, 5) is 44.3. The molecule has 0 saturated heterocycles. The number of hydrogen-bond donors (Lipinski definition) is 1. The summed E-state index contributed by atoms with van der Waals surface area (Å²) in [6.07, 6.45) is 6.18. The predicted molar refractivity (Wildman–Crippen MR) is 138 cm³/mol. The van der Waals surface area contributed by atoms with Gasteiger partial charge in [-0.05, 0) is 61.9 Å². The lowest BCUT2D eigenvalue weighted by Gasteiger charge is -2.25. The second kappa shape index (κ2) is 9.10. The summed E-state index contributed by atoms with van der Waals surface area (Å²) in [5.74, 6) is 1.07. The van der Waals surface area contributed by atoms with E-state index in [2.05, 4.69) is 4.98 Å². The lowest BCUT2D eigenvalue weighted by atomic mass is 10.0. The molecule has 2 aliphatic heterocycles. The Bertz CT molecular complexity index is 1460. The van der Waals surface area contributed by atoms with Gasteiger partial charge in [0.05, 0.1) is 31.4 Å². The molecule has 1 aliphatic carbocycles. The number of nitrogens with zero attached hydrogens (tertiary/aromatic N) is 2. The van der Waals surface area contributed by atoms with Crippen LogP contribution >= 0.6 is 0 Å². The van der Waals surface area contributed by atoms with Crippen molar-refractivity contribution in [1.82, 2.24) is 9.88 Å². The Morgan fingerprint density at radius 3 is 2.46 bits per heavy atom. The number of anilines is 1. The standard InChI is InChI=1S/C29H29N3O5/c1-17(31-16-20-14-30-27(33)13-24(20)28(31)34)18-7-8-19-15-32(29(35)23(19)11-18)21-9-10-25(36-2)26(12-21)37-22-5-3-4-6-22/h7-14,17,22H,3-6,15-16H2,1-2H3,(H,30,33). The fraction of sp³-hybridized carbons (Fsp3) is 0.345. The molecule has 0 spiro atoms. The number of H-pyrrole nitrogens is 1. The molecule has 1 fully saturated rings. The number of methoxy groups -OCH3 is 1. The lowest BCUT2D eigenvalue weighted by molar-refractivity contribution is 0.0715. The minimum Gasteiger partial charge on any atom is -0.493 e. The third-order valence-electron chi connectivity index (χ3n) is 7.78. The van der Waals surface area contributed by atoms with Crippen LogP contribution in [0.15, 0.2) is 53.5 Å². The van der Waals surface area contributed by atoms with Crippen LogP contribution in [0.3, 0.4) is 0 Å². The van der Waals surface area contributed by atoms with E-state index in [1.165, 1.54) is 18.9 Å².